The maximum absolute atomic E-state index is 12.3. The Labute approximate surface area is 125 Å². The number of aromatic amines is 1. The number of amides is 1. The molecule has 1 aromatic heterocycles. The van der Waals surface area contributed by atoms with Gasteiger partial charge < -0.3 is 20.5 Å². The molecule has 5 nitrogen and oxygen atoms in total. The van der Waals surface area contributed by atoms with E-state index in [0.717, 1.165) is 23.0 Å². The molecule has 0 unspecified atom stereocenters. The van der Waals surface area contributed by atoms with Gasteiger partial charge in [0.05, 0.1) is 6.04 Å². The Kier molecular flexibility index (Phi) is 4.98. The van der Waals surface area contributed by atoms with Gasteiger partial charge in [0.15, 0.2) is 0 Å². The van der Waals surface area contributed by atoms with Crippen molar-refractivity contribution in [2.24, 2.45) is 5.73 Å². The molecule has 1 heterocycles. The van der Waals surface area contributed by atoms with E-state index in [2.05, 4.69) is 9.88 Å². The number of para-hydroxylation sites is 1. The Bertz CT molecular complexity index is 605. The number of hydrogen-bond donors (Lipinski definition) is 2. The molecule has 0 aliphatic carbocycles. The topological polar surface area (TPSA) is 65.4 Å². The molecule has 0 aliphatic heterocycles. The normalized spacial score (nSPS) is 12.8. The number of rotatable bonds is 6. The van der Waals surface area contributed by atoms with Crippen molar-refractivity contribution in [1.29, 1.82) is 0 Å². The van der Waals surface area contributed by atoms with Gasteiger partial charge >= 0.3 is 0 Å². The number of aromatic nitrogens is 1. The number of nitrogens with one attached hydrogen (secondary N) is 1. The fraction of sp³-hybridized carbons (Fsp3) is 0.438. The Morgan fingerprint density at radius 3 is 2.67 bits per heavy atom. The molecule has 2 aromatic rings. The summed E-state index contributed by atoms with van der Waals surface area (Å²) in [5, 5.41) is 1.14. The zero-order valence-corrected chi connectivity index (χ0v) is 13.0. The van der Waals surface area contributed by atoms with Crippen molar-refractivity contribution in [1.82, 2.24) is 14.8 Å². The van der Waals surface area contributed by atoms with Crippen molar-refractivity contribution in [3.05, 3.63) is 36.0 Å². The van der Waals surface area contributed by atoms with Crippen molar-refractivity contribution in [2.45, 2.75) is 12.5 Å². The van der Waals surface area contributed by atoms with Crippen LogP contribution >= 0.6 is 0 Å². The summed E-state index contributed by atoms with van der Waals surface area (Å²) in [5.41, 5.74) is 8.26. The van der Waals surface area contributed by atoms with Gasteiger partial charge in [-0.15, -0.1) is 0 Å². The average molecular weight is 288 g/mol. The van der Waals surface area contributed by atoms with E-state index in [1.165, 1.54) is 0 Å². The number of H-pyrrole nitrogens is 1. The van der Waals surface area contributed by atoms with Crippen molar-refractivity contribution in [3.63, 3.8) is 0 Å². The third-order valence-corrected chi connectivity index (χ3v) is 3.69. The van der Waals surface area contributed by atoms with Crippen LogP contribution in [0.3, 0.4) is 0 Å². The first-order valence-electron chi connectivity index (χ1n) is 7.19. The maximum Gasteiger partial charge on any atom is 0.239 e. The number of nitrogens with two attached hydrogens (primary N) is 1. The van der Waals surface area contributed by atoms with E-state index < -0.39 is 6.04 Å². The van der Waals surface area contributed by atoms with Crippen LogP contribution in [0.25, 0.3) is 10.9 Å². The van der Waals surface area contributed by atoms with E-state index in [1.807, 2.05) is 44.6 Å². The van der Waals surface area contributed by atoms with Crippen LogP contribution in [0.1, 0.15) is 5.56 Å². The lowest BCUT2D eigenvalue weighted by molar-refractivity contribution is -0.131. The van der Waals surface area contributed by atoms with Crippen LogP contribution in [0.2, 0.25) is 0 Å². The Balaban J connectivity index is 2.00. The molecule has 1 amide bonds. The van der Waals surface area contributed by atoms with E-state index in [0.29, 0.717) is 13.0 Å². The lowest BCUT2D eigenvalue weighted by Gasteiger charge is -2.22. The highest BCUT2D eigenvalue weighted by Gasteiger charge is 2.19. The molecule has 2 rings (SSSR count). The molecule has 1 atom stereocenters. The van der Waals surface area contributed by atoms with E-state index in [4.69, 9.17) is 5.73 Å². The molecule has 3 N–H and O–H groups in total. The lowest BCUT2D eigenvalue weighted by atomic mass is 10.0. The summed E-state index contributed by atoms with van der Waals surface area (Å²) in [4.78, 5) is 19.3. The summed E-state index contributed by atoms with van der Waals surface area (Å²) in [6, 6.07) is 7.55. The van der Waals surface area contributed by atoms with Crippen molar-refractivity contribution >= 4 is 16.8 Å². The second-order valence-electron chi connectivity index (χ2n) is 5.73. The Hall–Kier alpha value is -1.85. The van der Waals surface area contributed by atoms with E-state index >= 15 is 0 Å². The van der Waals surface area contributed by atoms with Crippen LogP contribution in [0.5, 0.6) is 0 Å². The zero-order chi connectivity index (χ0) is 15.4. The first-order valence-corrected chi connectivity index (χ1v) is 7.19. The number of likely N-dealkylation sites (N-methyl/N-ethyl adjacent to an activating group) is 2. The van der Waals surface area contributed by atoms with Crippen LogP contribution in [-0.2, 0) is 11.2 Å². The summed E-state index contributed by atoms with van der Waals surface area (Å²) in [6.45, 7) is 1.52. The monoisotopic (exact) mass is 288 g/mol. The second-order valence-corrected chi connectivity index (χ2v) is 5.73. The van der Waals surface area contributed by atoms with Gasteiger partial charge in [-0.2, -0.15) is 0 Å². The molecule has 21 heavy (non-hydrogen) atoms. The molecule has 114 valence electrons. The molecular weight excluding hydrogens is 264 g/mol. The summed E-state index contributed by atoms with van der Waals surface area (Å²) < 4.78 is 0. The quantitative estimate of drug-likeness (QED) is 0.835. The van der Waals surface area contributed by atoms with Crippen LogP contribution in [0.15, 0.2) is 30.5 Å². The second kappa shape index (κ2) is 6.74. The van der Waals surface area contributed by atoms with Crippen molar-refractivity contribution in [3.8, 4) is 0 Å². The molecular formula is C16H24N4O. The summed E-state index contributed by atoms with van der Waals surface area (Å²) in [7, 11) is 5.79. The fourth-order valence-electron chi connectivity index (χ4n) is 2.37. The molecule has 0 spiro atoms. The number of fused-ring (bicyclic) bond motifs is 1. The minimum Gasteiger partial charge on any atom is -0.361 e. The molecule has 0 bridgehead atoms. The number of carbonyl (C=O) groups is 1. The van der Waals surface area contributed by atoms with Crippen LogP contribution < -0.4 is 5.73 Å². The lowest BCUT2D eigenvalue weighted by Crippen LogP contribution is -2.45. The standard InChI is InChI=1S/C16H24N4O/c1-19(2)8-9-20(3)16(21)14(17)10-12-11-18-15-7-5-4-6-13(12)15/h4-7,11,14,18H,8-10,17H2,1-3H3/t14-/m0/s1. The maximum atomic E-state index is 12.3. The predicted octanol–water partition coefficient (Wildman–Crippen LogP) is 1.06. The highest BCUT2D eigenvalue weighted by atomic mass is 16.2. The highest BCUT2D eigenvalue weighted by molar-refractivity contribution is 5.86. The van der Waals surface area contributed by atoms with Crippen LogP contribution in [0, 0.1) is 0 Å². The fourth-order valence-corrected chi connectivity index (χ4v) is 2.37. The van der Waals surface area contributed by atoms with Crippen molar-refractivity contribution in [2.75, 3.05) is 34.2 Å². The number of benzene rings is 1. The van der Waals surface area contributed by atoms with Crippen molar-refractivity contribution < 1.29 is 4.79 Å². The van der Waals surface area contributed by atoms with E-state index in [9.17, 15) is 4.79 Å². The van der Waals surface area contributed by atoms with Gasteiger partial charge in [0, 0.05) is 37.2 Å². The summed E-state index contributed by atoms with van der Waals surface area (Å²) >= 11 is 0. The Morgan fingerprint density at radius 2 is 1.95 bits per heavy atom. The van der Waals surface area contributed by atoms with Gasteiger partial charge in [0.25, 0.3) is 0 Å². The molecule has 1 aromatic carbocycles. The number of carbonyl (C=O) groups excluding carboxylic acids is 1. The number of nitrogens with zero attached hydrogens (tertiary/aromatic N) is 2. The Morgan fingerprint density at radius 1 is 1.24 bits per heavy atom. The minimum atomic E-state index is -0.503. The third-order valence-electron chi connectivity index (χ3n) is 3.69. The molecule has 0 radical (unpaired) electrons. The van der Waals surface area contributed by atoms with Gasteiger partial charge in [-0.1, -0.05) is 18.2 Å². The van der Waals surface area contributed by atoms with E-state index in [-0.39, 0.29) is 5.91 Å². The third kappa shape index (κ3) is 3.83. The zero-order valence-electron chi connectivity index (χ0n) is 13.0. The van der Waals surface area contributed by atoms with Crippen LogP contribution in [-0.4, -0.2) is 61.0 Å². The summed E-state index contributed by atoms with van der Waals surface area (Å²) in [5.74, 6) is -0.0119. The average Bonchev–Trinajstić information content (AvgIpc) is 2.87. The van der Waals surface area contributed by atoms with Gasteiger partial charge in [-0.25, -0.2) is 0 Å². The van der Waals surface area contributed by atoms with Gasteiger partial charge in [-0.3, -0.25) is 4.79 Å². The molecule has 0 fully saturated rings. The minimum absolute atomic E-state index is 0.0119. The van der Waals surface area contributed by atoms with Gasteiger partial charge in [0.1, 0.15) is 0 Å². The molecule has 0 saturated heterocycles. The smallest absolute Gasteiger partial charge is 0.239 e. The first kappa shape index (κ1) is 15.5. The van der Waals surface area contributed by atoms with E-state index in [1.54, 1.807) is 11.9 Å². The molecule has 5 heteroatoms. The number of hydrogen-bond acceptors (Lipinski definition) is 3. The van der Waals surface area contributed by atoms with Crippen LogP contribution in [0.4, 0.5) is 0 Å². The van der Waals surface area contributed by atoms with Gasteiger partial charge in [-0.05, 0) is 32.1 Å². The molecule has 0 aliphatic rings. The summed E-state index contributed by atoms with van der Waals surface area (Å²) in [6.07, 6.45) is 2.49. The highest BCUT2D eigenvalue weighted by Crippen LogP contribution is 2.19. The largest absolute Gasteiger partial charge is 0.361 e. The molecule has 0 saturated carbocycles. The predicted molar refractivity (Wildman–Crippen MR) is 86.2 cm³/mol. The SMILES string of the molecule is CN(C)CCN(C)C(=O)[C@@H](N)Cc1c[nH]c2ccccc12. The van der Waals surface area contributed by atoms with Gasteiger partial charge in [0.2, 0.25) is 5.91 Å². The first-order chi connectivity index (χ1) is 9.99.